The lowest BCUT2D eigenvalue weighted by molar-refractivity contribution is 0.0987. The van der Waals surface area contributed by atoms with Crippen molar-refractivity contribution in [1.29, 1.82) is 0 Å². The molecule has 2 heterocycles. The number of anilines is 1. The van der Waals surface area contributed by atoms with Gasteiger partial charge in [0.15, 0.2) is 5.76 Å². The molecule has 1 aromatic carbocycles. The Morgan fingerprint density at radius 2 is 2.18 bits per heavy atom. The number of pyridine rings is 1. The average Bonchev–Trinajstić information content (AvgIpc) is 2.97. The van der Waals surface area contributed by atoms with E-state index in [1.165, 1.54) is 0 Å². The summed E-state index contributed by atoms with van der Waals surface area (Å²) < 4.78 is 10.4. The molecule has 22 heavy (non-hydrogen) atoms. The van der Waals surface area contributed by atoms with Crippen molar-refractivity contribution < 1.29 is 13.9 Å². The number of carbonyl (C=O) groups excluding carboxylic acids is 1. The van der Waals surface area contributed by atoms with Crippen molar-refractivity contribution in [3.05, 3.63) is 59.1 Å². The molecule has 0 saturated carbocycles. The van der Waals surface area contributed by atoms with Crippen molar-refractivity contribution in [2.24, 2.45) is 0 Å². The molecule has 1 N–H and O–H groups in total. The predicted molar refractivity (Wildman–Crippen MR) is 84.1 cm³/mol. The van der Waals surface area contributed by atoms with Crippen molar-refractivity contribution in [2.45, 2.75) is 6.61 Å². The zero-order valence-corrected chi connectivity index (χ0v) is 12.6. The van der Waals surface area contributed by atoms with Crippen LogP contribution in [0.2, 0.25) is 5.02 Å². The molecule has 3 rings (SSSR count). The second kappa shape index (κ2) is 6.17. The highest BCUT2D eigenvalue weighted by Crippen LogP contribution is 2.25. The molecule has 112 valence electrons. The van der Waals surface area contributed by atoms with E-state index in [0.717, 1.165) is 10.9 Å². The smallest absolute Gasteiger partial charge is 0.291 e. The van der Waals surface area contributed by atoms with Crippen LogP contribution in [-0.2, 0) is 11.3 Å². The van der Waals surface area contributed by atoms with Crippen LogP contribution in [0.5, 0.6) is 0 Å². The number of ether oxygens (including phenoxy) is 1. The maximum absolute atomic E-state index is 12.3. The van der Waals surface area contributed by atoms with Gasteiger partial charge in [0, 0.05) is 23.7 Å². The predicted octanol–water partition coefficient (Wildman–Crippen LogP) is 3.88. The quantitative estimate of drug-likeness (QED) is 0.793. The summed E-state index contributed by atoms with van der Waals surface area (Å²) in [6, 6.07) is 10.4. The van der Waals surface area contributed by atoms with Gasteiger partial charge in [-0.05, 0) is 36.4 Å². The van der Waals surface area contributed by atoms with Gasteiger partial charge in [0.05, 0.1) is 11.2 Å². The highest BCUT2D eigenvalue weighted by molar-refractivity contribution is 6.31. The van der Waals surface area contributed by atoms with Gasteiger partial charge in [0.25, 0.3) is 5.91 Å². The van der Waals surface area contributed by atoms with Gasteiger partial charge < -0.3 is 14.5 Å². The minimum absolute atomic E-state index is 0.221. The molecule has 0 saturated heterocycles. The topological polar surface area (TPSA) is 64.4 Å². The summed E-state index contributed by atoms with van der Waals surface area (Å²) in [5.41, 5.74) is 1.38. The molecule has 0 bridgehead atoms. The molecule has 0 aliphatic rings. The van der Waals surface area contributed by atoms with Crippen LogP contribution in [0, 0.1) is 0 Å². The first kappa shape index (κ1) is 14.6. The number of benzene rings is 1. The molecule has 3 aromatic rings. The number of fused-ring (bicyclic) bond motifs is 1. The molecular formula is C16H13ClN2O3. The second-order valence-corrected chi connectivity index (χ2v) is 5.11. The van der Waals surface area contributed by atoms with Crippen molar-refractivity contribution >= 4 is 34.1 Å². The number of furan rings is 1. The zero-order chi connectivity index (χ0) is 15.5. The van der Waals surface area contributed by atoms with E-state index in [2.05, 4.69) is 10.3 Å². The first-order chi connectivity index (χ1) is 10.7. The van der Waals surface area contributed by atoms with Crippen molar-refractivity contribution in [2.75, 3.05) is 12.4 Å². The van der Waals surface area contributed by atoms with Crippen LogP contribution in [0.1, 0.15) is 16.3 Å². The Balaban J connectivity index is 1.88. The lowest BCUT2D eigenvalue weighted by Gasteiger charge is -2.07. The minimum atomic E-state index is -0.338. The molecule has 5 nitrogen and oxygen atoms in total. The van der Waals surface area contributed by atoms with Gasteiger partial charge in [-0.1, -0.05) is 11.6 Å². The van der Waals surface area contributed by atoms with E-state index in [4.69, 9.17) is 20.8 Å². The molecule has 0 radical (unpaired) electrons. The van der Waals surface area contributed by atoms with Gasteiger partial charge in [-0.2, -0.15) is 0 Å². The SMILES string of the molecule is COCc1ccc(C(=O)Nc2ccnc3ccc(Cl)cc23)o1. The summed E-state index contributed by atoms with van der Waals surface area (Å²) >= 11 is 6.01. The highest BCUT2D eigenvalue weighted by atomic mass is 35.5. The number of amides is 1. The first-order valence-electron chi connectivity index (χ1n) is 6.60. The number of nitrogens with zero attached hydrogens (tertiary/aromatic N) is 1. The van der Waals surface area contributed by atoms with Crippen molar-refractivity contribution in [1.82, 2.24) is 4.98 Å². The second-order valence-electron chi connectivity index (χ2n) is 4.67. The van der Waals surface area contributed by atoms with Crippen LogP contribution in [0.3, 0.4) is 0 Å². The lowest BCUT2D eigenvalue weighted by Crippen LogP contribution is -2.11. The normalized spacial score (nSPS) is 10.8. The van der Waals surface area contributed by atoms with Crippen LogP contribution in [0.15, 0.2) is 47.0 Å². The first-order valence-corrected chi connectivity index (χ1v) is 6.98. The number of methoxy groups -OCH3 is 1. The lowest BCUT2D eigenvalue weighted by atomic mass is 10.2. The summed E-state index contributed by atoms with van der Waals surface area (Å²) in [7, 11) is 1.56. The van der Waals surface area contributed by atoms with E-state index in [9.17, 15) is 4.79 Å². The molecular weight excluding hydrogens is 304 g/mol. The molecule has 0 fully saturated rings. The number of hydrogen-bond acceptors (Lipinski definition) is 4. The summed E-state index contributed by atoms with van der Waals surface area (Å²) in [6.45, 7) is 0.321. The van der Waals surface area contributed by atoms with Crippen LogP contribution in [-0.4, -0.2) is 18.0 Å². The van der Waals surface area contributed by atoms with Gasteiger partial charge >= 0.3 is 0 Å². The Bertz CT molecular complexity index is 829. The number of hydrogen-bond donors (Lipinski definition) is 1. The average molecular weight is 317 g/mol. The summed E-state index contributed by atoms with van der Waals surface area (Å²) in [4.78, 5) is 16.5. The molecule has 2 aromatic heterocycles. The van der Waals surface area contributed by atoms with E-state index < -0.39 is 0 Å². The number of aromatic nitrogens is 1. The summed E-state index contributed by atoms with van der Waals surface area (Å²) in [5.74, 6) is 0.476. The van der Waals surface area contributed by atoms with Crippen LogP contribution in [0.4, 0.5) is 5.69 Å². The third kappa shape index (κ3) is 2.95. The fourth-order valence-electron chi connectivity index (χ4n) is 2.13. The van der Waals surface area contributed by atoms with E-state index in [1.54, 1.807) is 49.7 Å². The number of nitrogens with one attached hydrogen (secondary N) is 1. The Morgan fingerprint density at radius 3 is 3.00 bits per heavy atom. The van der Waals surface area contributed by atoms with Crippen LogP contribution >= 0.6 is 11.6 Å². The third-order valence-corrected chi connectivity index (χ3v) is 3.36. The molecule has 1 amide bonds. The standard InChI is InChI=1S/C16H13ClN2O3/c1-21-9-11-3-5-15(22-11)16(20)19-14-6-7-18-13-4-2-10(17)8-12(13)14/h2-8H,9H2,1H3,(H,18,19,20). The molecule has 0 unspecified atom stereocenters. The molecule has 0 aliphatic heterocycles. The monoisotopic (exact) mass is 316 g/mol. The van der Waals surface area contributed by atoms with Gasteiger partial charge in [0.2, 0.25) is 0 Å². The largest absolute Gasteiger partial charge is 0.453 e. The van der Waals surface area contributed by atoms with Crippen molar-refractivity contribution in [3.63, 3.8) is 0 Å². The Hall–Kier alpha value is -2.37. The molecule has 0 aliphatic carbocycles. The fourth-order valence-corrected chi connectivity index (χ4v) is 2.30. The van der Waals surface area contributed by atoms with E-state index in [-0.39, 0.29) is 11.7 Å². The molecule has 0 atom stereocenters. The van der Waals surface area contributed by atoms with E-state index in [0.29, 0.717) is 23.1 Å². The maximum Gasteiger partial charge on any atom is 0.291 e. The number of carbonyl (C=O) groups is 1. The summed E-state index contributed by atoms with van der Waals surface area (Å²) in [5, 5.41) is 4.16. The Kier molecular flexibility index (Phi) is 4.09. The number of halogens is 1. The molecule has 0 spiro atoms. The third-order valence-electron chi connectivity index (χ3n) is 3.12. The van der Waals surface area contributed by atoms with Crippen molar-refractivity contribution in [3.8, 4) is 0 Å². The van der Waals surface area contributed by atoms with Crippen LogP contribution in [0.25, 0.3) is 10.9 Å². The summed E-state index contributed by atoms with van der Waals surface area (Å²) in [6.07, 6.45) is 1.63. The Morgan fingerprint density at radius 1 is 1.32 bits per heavy atom. The highest BCUT2D eigenvalue weighted by Gasteiger charge is 2.13. The van der Waals surface area contributed by atoms with Crippen LogP contribution < -0.4 is 5.32 Å². The van der Waals surface area contributed by atoms with Gasteiger partial charge in [0.1, 0.15) is 12.4 Å². The van der Waals surface area contributed by atoms with E-state index in [1.807, 2.05) is 0 Å². The maximum atomic E-state index is 12.3. The minimum Gasteiger partial charge on any atom is -0.453 e. The Labute approximate surface area is 131 Å². The van der Waals surface area contributed by atoms with Gasteiger partial charge in [-0.15, -0.1) is 0 Å². The number of rotatable bonds is 4. The van der Waals surface area contributed by atoms with E-state index >= 15 is 0 Å². The zero-order valence-electron chi connectivity index (χ0n) is 11.8. The molecule has 6 heteroatoms. The fraction of sp³-hybridized carbons (Fsp3) is 0.125. The van der Waals surface area contributed by atoms with Gasteiger partial charge in [-0.3, -0.25) is 9.78 Å². The van der Waals surface area contributed by atoms with Gasteiger partial charge in [-0.25, -0.2) is 0 Å².